The summed E-state index contributed by atoms with van der Waals surface area (Å²) < 4.78 is 5.45. The van der Waals surface area contributed by atoms with Crippen molar-refractivity contribution in [3.8, 4) is 0 Å². The average molecular weight is 262 g/mol. The lowest BCUT2D eigenvalue weighted by Gasteiger charge is -2.27. The number of amides is 1. The van der Waals surface area contributed by atoms with Gasteiger partial charge in [-0.15, -0.1) is 0 Å². The van der Waals surface area contributed by atoms with Crippen LogP contribution in [0.3, 0.4) is 0 Å². The van der Waals surface area contributed by atoms with Crippen molar-refractivity contribution in [3.63, 3.8) is 0 Å². The van der Waals surface area contributed by atoms with E-state index in [4.69, 9.17) is 10.5 Å². The van der Waals surface area contributed by atoms with Gasteiger partial charge in [0.1, 0.15) is 0 Å². The number of hydrogen-bond donors (Lipinski definition) is 1. The van der Waals surface area contributed by atoms with Gasteiger partial charge in [-0.3, -0.25) is 4.79 Å². The molecule has 1 aliphatic heterocycles. The molecule has 1 heterocycles. The molecule has 0 bridgehead atoms. The fourth-order valence-corrected chi connectivity index (χ4v) is 2.47. The molecule has 104 valence electrons. The predicted molar refractivity (Wildman–Crippen MR) is 74.8 cm³/mol. The largest absolute Gasteiger partial charge is 0.381 e. The third kappa shape index (κ3) is 3.78. The summed E-state index contributed by atoms with van der Waals surface area (Å²) in [5, 5.41) is 0. The third-order valence-corrected chi connectivity index (χ3v) is 3.54. The molecule has 1 unspecified atom stereocenters. The average Bonchev–Trinajstić information content (AvgIpc) is 2.47. The zero-order valence-corrected chi connectivity index (χ0v) is 11.5. The fraction of sp³-hybridized carbons (Fsp3) is 0.533. The highest BCUT2D eigenvalue weighted by atomic mass is 16.5. The second-order valence-electron chi connectivity index (χ2n) is 5.17. The number of carbonyl (C=O) groups is 1. The van der Waals surface area contributed by atoms with Crippen molar-refractivity contribution in [3.05, 3.63) is 35.4 Å². The van der Waals surface area contributed by atoms with Crippen LogP contribution in [0, 0.1) is 5.92 Å². The van der Waals surface area contributed by atoms with Gasteiger partial charge in [0.25, 0.3) is 5.91 Å². The Labute approximate surface area is 114 Å². The molecule has 0 radical (unpaired) electrons. The highest BCUT2D eigenvalue weighted by Crippen LogP contribution is 2.16. The Morgan fingerprint density at radius 1 is 1.53 bits per heavy atom. The van der Waals surface area contributed by atoms with E-state index >= 15 is 0 Å². The van der Waals surface area contributed by atoms with E-state index in [1.807, 2.05) is 31.3 Å². The summed E-state index contributed by atoms with van der Waals surface area (Å²) in [6, 6.07) is 7.53. The molecule has 1 saturated heterocycles. The summed E-state index contributed by atoms with van der Waals surface area (Å²) in [4.78, 5) is 14.1. The van der Waals surface area contributed by atoms with Gasteiger partial charge in [-0.05, 0) is 36.5 Å². The van der Waals surface area contributed by atoms with Gasteiger partial charge in [0.2, 0.25) is 0 Å². The molecule has 1 aromatic rings. The molecule has 0 spiro atoms. The van der Waals surface area contributed by atoms with E-state index in [1.165, 1.54) is 0 Å². The predicted octanol–water partition coefficient (Wildman–Crippen LogP) is 1.64. The Hall–Kier alpha value is -1.39. The van der Waals surface area contributed by atoms with Crippen LogP contribution in [0.25, 0.3) is 0 Å². The molecule has 4 nitrogen and oxygen atoms in total. The van der Waals surface area contributed by atoms with Crippen LogP contribution in [0.4, 0.5) is 0 Å². The van der Waals surface area contributed by atoms with Crippen molar-refractivity contribution in [2.24, 2.45) is 11.7 Å². The van der Waals surface area contributed by atoms with Crippen LogP contribution in [0.1, 0.15) is 28.8 Å². The van der Waals surface area contributed by atoms with Gasteiger partial charge >= 0.3 is 0 Å². The van der Waals surface area contributed by atoms with Gasteiger partial charge in [0.15, 0.2) is 0 Å². The lowest BCUT2D eigenvalue weighted by atomic mass is 10.0. The first-order chi connectivity index (χ1) is 9.20. The van der Waals surface area contributed by atoms with Crippen molar-refractivity contribution < 1.29 is 9.53 Å². The maximum Gasteiger partial charge on any atom is 0.253 e. The van der Waals surface area contributed by atoms with Crippen LogP contribution in [-0.2, 0) is 11.3 Å². The van der Waals surface area contributed by atoms with Gasteiger partial charge in [-0.1, -0.05) is 12.1 Å². The minimum Gasteiger partial charge on any atom is -0.381 e. The zero-order chi connectivity index (χ0) is 13.7. The summed E-state index contributed by atoms with van der Waals surface area (Å²) in [7, 11) is 1.85. The van der Waals surface area contributed by atoms with Crippen molar-refractivity contribution in [1.82, 2.24) is 4.90 Å². The van der Waals surface area contributed by atoms with Crippen LogP contribution in [-0.4, -0.2) is 37.6 Å². The highest BCUT2D eigenvalue weighted by Gasteiger charge is 2.19. The summed E-state index contributed by atoms with van der Waals surface area (Å²) in [6.07, 6.45) is 2.23. The Morgan fingerprint density at radius 2 is 2.37 bits per heavy atom. The van der Waals surface area contributed by atoms with E-state index in [9.17, 15) is 4.79 Å². The number of carbonyl (C=O) groups excluding carboxylic acids is 1. The number of benzene rings is 1. The lowest BCUT2D eigenvalue weighted by molar-refractivity contribution is 0.0388. The normalized spacial score (nSPS) is 19.2. The molecule has 1 amide bonds. The van der Waals surface area contributed by atoms with Gasteiger partial charge in [-0.2, -0.15) is 0 Å². The Kier molecular flexibility index (Phi) is 4.93. The maximum absolute atomic E-state index is 12.3. The first-order valence-electron chi connectivity index (χ1n) is 6.83. The van der Waals surface area contributed by atoms with E-state index < -0.39 is 0 Å². The van der Waals surface area contributed by atoms with Gasteiger partial charge in [0, 0.05) is 32.3 Å². The number of nitrogens with zero attached hydrogens (tertiary/aromatic N) is 1. The molecule has 1 aromatic carbocycles. The van der Waals surface area contributed by atoms with Crippen molar-refractivity contribution in [2.75, 3.05) is 26.8 Å². The van der Waals surface area contributed by atoms with E-state index in [0.717, 1.165) is 38.2 Å². The first kappa shape index (κ1) is 14.0. The maximum atomic E-state index is 12.3. The number of nitrogens with two attached hydrogens (primary N) is 1. The summed E-state index contributed by atoms with van der Waals surface area (Å²) in [5.74, 6) is 0.515. The van der Waals surface area contributed by atoms with Gasteiger partial charge in [0.05, 0.1) is 6.61 Å². The molecular weight excluding hydrogens is 240 g/mol. The van der Waals surface area contributed by atoms with Crippen LogP contribution >= 0.6 is 0 Å². The lowest BCUT2D eigenvalue weighted by Crippen LogP contribution is -2.35. The molecule has 1 aliphatic rings. The Bertz CT molecular complexity index is 428. The van der Waals surface area contributed by atoms with E-state index in [-0.39, 0.29) is 5.91 Å². The summed E-state index contributed by atoms with van der Waals surface area (Å²) in [6.45, 7) is 2.83. The van der Waals surface area contributed by atoms with Crippen LogP contribution in [0.5, 0.6) is 0 Å². The minimum absolute atomic E-state index is 0.0564. The van der Waals surface area contributed by atoms with E-state index in [2.05, 4.69) is 0 Å². The number of rotatable bonds is 4. The molecule has 1 fully saturated rings. The molecule has 19 heavy (non-hydrogen) atoms. The summed E-state index contributed by atoms with van der Waals surface area (Å²) >= 11 is 0. The Balaban J connectivity index is 1.97. The third-order valence-electron chi connectivity index (χ3n) is 3.54. The van der Waals surface area contributed by atoms with Gasteiger partial charge in [-0.25, -0.2) is 0 Å². The quantitative estimate of drug-likeness (QED) is 0.897. The topological polar surface area (TPSA) is 55.6 Å². The van der Waals surface area contributed by atoms with Crippen molar-refractivity contribution >= 4 is 5.91 Å². The van der Waals surface area contributed by atoms with Crippen molar-refractivity contribution in [1.29, 1.82) is 0 Å². The molecule has 0 saturated carbocycles. The smallest absolute Gasteiger partial charge is 0.253 e. The molecule has 2 rings (SSSR count). The number of hydrogen-bond acceptors (Lipinski definition) is 3. The van der Waals surface area contributed by atoms with E-state index in [0.29, 0.717) is 18.0 Å². The molecule has 4 heteroatoms. The second-order valence-corrected chi connectivity index (χ2v) is 5.17. The fourth-order valence-electron chi connectivity index (χ4n) is 2.47. The minimum atomic E-state index is 0.0564. The van der Waals surface area contributed by atoms with Crippen LogP contribution < -0.4 is 5.73 Å². The molecule has 0 aromatic heterocycles. The number of ether oxygens (including phenoxy) is 1. The first-order valence-corrected chi connectivity index (χ1v) is 6.83. The van der Waals surface area contributed by atoms with Crippen LogP contribution in [0.15, 0.2) is 24.3 Å². The van der Waals surface area contributed by atoms with Crippen molar-refractivity contribution in [2.45, 2.75) is 19.4 Å². The zero-order valence-electron chi connectivity index (χ0n) is 11.5. The molecule has 2 N–H and O–H groups in total. The molecular formula is C15H22N2O2. The molecule has 0 aliphatic carbocycles. The highest BCUT2D eigenvalue weighted by molar-refractivity contribution is 5.94. The SMILES string of the molecule is CN(CC1CCCOC1)C(=O)c1cccc(CN)c1. The van der Waals surface area contributed by atoms with Gasteiger partial charge < -0.3 is 15.4 Å². The molecule has 1 atom stereocenters. The Morgan fingerprint density at radius 3 is 3.05 bits per heavy atom. The monoisotopic (exact) mass is 262 g/mol. The second kappa shape index (κ2) is 6.68. The summed E-state index contributed by atoms with van der Waals surface area (Å²) in [5.41, 5.74) is 7.30. The van der Waals surface area contributed by atoms with Crippen LogP contribution in [0.2, 0.25) is 0 Å². The van der Waals surface area contributed by atoms with E-state index in [1.54, 1.807) is 4.90 Å². The standard InChI is InChI=1S/C15H22N2O2/c1-17(10-13-5-3-7-19-11-13)15(18)14-6-2-4-12(8-14)9-16/h2,4,6,8,13H,3,5,7,9-11,16H2,1H3.